The molecule has 0 aliphatic carbocycles. The monoisotopic (exact) mass is 381 g/mol. The van der Waals surface area contributed by atoms with E-state index in [9.17, 15) is 9.59 Å². The highest BCUT2D eigenvalue weighted by atomic mass is 16.2. The topological polar surface area (TPSA) is 87.2 Å². The van der Waals surface area contributed by atoms with Gasteiger partial charge in [-0.15, -0.1) is 0 Å². The maximum Gasteiger partial charge on any atom is 0.237 e. The van der Waals surface area contributed by atoms with Gasteiger partial charge in [0.2, 0.25) is 11.8 Å². The van der Waals surface area contributed by atoms with Gasteiger partial charge in [-0.25, -0.2) is 9.97 Å². The number of hydrogen-bond donors (Lipinski definition) is 2. The van der Waals surface area contributed by atoms with Crippen LogP contribution in [0.1, 0.15) is 29.2 Å². The zero-order valence-electron chi connectivity index (χ0n) is 16.4. The molecule has 0 unspecified atom stereocenters. The van der Waals surface area contributed by atoms with E-state index in [1.54, 1.807) is 0 Å². The molecular formula is C21H27N5O2. The summed E-state index contributed by atoms with van der Waals surface area (Å²) >= 11 is 0. The van der Waals surface area contributed by atoms with Gasteiger partial charge in [-0.3, -0.25) is 14.5 Å². The molecule has 1 aliphatic rings. The molecule has 0 saturated carbocycles. The minimum Gasteiger partial charge on any atom is -0.356 e. The molecule has 2 heterocycles. The van der Waals surface area contributed by atoms with Crippen LogP contribution in [-0.4, -0.2) is 52.4 Å². The Morgan fingerprint density at radius 3 is 2.64 bits per heavy atom. The lowest BCUT2D eigenvalue weighted by Crippen LogP contribution is -2.56. The summed E-state index contributed by atoms with van der Waals surface area (Å²) in [5.41, 5.74) is 2.98. The Bertz CT molecular complexity index is 805. The van der Waals surface area contributed by atoms with Gasteiger partial charge in [0.1, 0.15) is 5.82 Å². The predicted molar refractivity (Wildman–Crippen MR) is 106 cm³/mol. The van der Waals surface area contributed by atoms with Crippen LogP contribution >= 0.6 is 0 Å². The molecule has 1 saturated heterocycles. The first-order chi connectivity index (χ1) is 13.5. The van der Waals surface area contributed by atoms with Crippen molar-refractivity contribution >= 4 is 11.8 Å². The summed E-state index contributed by atoms with van der Waals surface area (Å²) in [6, 6.07) is 11.5. The van der Waals surface area contributed by atoms with Crippen molar-refractivity contribution in [3.63, 3.8) is 0 Å². The highest BCUT2D eigenvalue weighted by Crippen LogP contribution is 2.14. The van der Waals surface area contributed by atoms with Crippen LogP contribution < -0.4 is 10.6 Å². The van der Waals surface area contributed by atoms with Crippen molar-refractivity contribution in [1.29, 1.82) is 0 Å². The Morgan fingerprint density at radius 1 is 1.21 bits per heavy atom. The molecule has 0 radical (unpaired) electrons. The molecule has 3 rings (SSSR count). The number of amides is 2. The summed E-state index contributed by atoms with van der Waals surface area (Å²) in [6.45, 7) is 6.31. The van der Waals surface area contributed by atoms with Gasteiger partial charge in [0.15, 0.2) is 0 Å². The number of nitrogens with one attached hydrogen (secondary N) is 2. The largest absolute Gasteiger partial charge is 0.356 e. The summed E-state index contributed by atoms with van der Waals surface area (Å²) < 4.78 is 0. The number of aromatic nitrogens is 2. The third-order valence-corrected chi connectivity index (χ3v) is 4.75. The van der Waals surface area contributed by atoms with Gasteiger partial charge in [0, 0.05) is 44.0 Å². The Kier molecular flexibility index (Phi) is 6.71. The number of nitrogens with zero attached hydrogens (tertiary/aromatic N) is 3. The second kappa shape index (κ2) is 9.41. The summed E-state index contributed by atoms with van der Waals surface area (Å²) in [5, 5.41) is 5.76. The number of piperazine rings is 1. The number of hydrogen-bond acceptors (Lipinski definition) is 5. The van der Waals surface area contributed by atoms with E-state index in [0.717, 1.165) is 29.3 Å². The maximum atomic E-state index is 12.4. The van der Waals surface area contributed by atoms with E-state index in [2.05, 4.69) is 25.5 Å². The van der Waals surface area contributed by atoms with Crippen molar-refractivity contribution in [3.05, 3.63) is 59.2 Å². The van der Waals surface area contributed by atoms with Gasteiger partial charge in [-0.1, -0.05) is 30.3 Å². The van der Waals surface area contributed by atoms with Crippen LogP contribution in [0.25, 0.3) is 0 Å². The first kappa shape index (κ1) is 19.9. The van der Waals surface area contributed by atoms with Crippen LogP contribution in [0.15, 0.2) is 36.4 Å². The minimum absolute atomic E-state index is 0.0880. The first-order valence-electron chi connectivity index (χ1n) is 9.65. The molecule has 1 aromatic heterocycles. The van der Waals surface area contributed by atoms with E-state index < -0.39 is 6.04 Å². The van der Waals surface area contributed by atoms with E-state index in [1.165, 1.54) is 0 Å². The normalized spacial score (nSPS) is 17.2. The lowest BCUT2D eigenvalue weighted by atomic mass is 10.1. The molecule has 1 atom stereocenters. The third-order valence-electron chi connectivity index (χ3n) is 4.75. The van der Waals surface area contributed by atoms with E-state index >= 15 is 0 Å². The quantitative estimate of drug-likeness (QED) is 0.751. The van der Waals surface area contributed by atoms with Crippen molar-refractivity contribution in [2.24, 2.45) is 0 Å². The lowest BCUT2D eigenvalue weighted by molar-refractivity contribution is -0.134. The molecule has 2 amide bonds. The highest BCUT2D eigenvalue weighted by molar-refractivity contribution is 5.88. The fourth-order valence-corrected chi connectivity index (χ4v) is 3.46. The fourth-order valence-electron chi connectivity index (χ4n) is 3.46. The molecule has 2 aromatic rings. The number of carbonyl (C=O) groups is 2. The molecule has 1 aromatic carbocycles. The van der Waals surface area contributed by atoms with Crippen LogP contribution in [0.5, 0.6) is 0 Å². The summed E-state index contributed by atoms with van der Waals surface area (Å²) in [4.78, 5) is 35.6. The molecule has 0 spiro atoms. The number of rotatable bonds is 7. The number of benzene rings is 1. The third kappa shape index (κ3) is 5.60. The van der Waals surface area contributed by atoms with Gasteiger partial charge >= 0.3 is 0 Å². The van der Waals surface area contributed by atoms with Gasteiger partial charge < -0.3 is 10.6 Å². The molecule has 28 heavy (non-hydrogen) atoms. The average molecular weight is 381 g/mol. The second-order valence-electron chi connectivity index (χ2n) is 7.13. The van der Waals surface area contributed by atoms with Crippen LogP contribution in [-0.2, 0) is 22.6 Å². The van der Waals surface area contributed by atoms with Gasteiger partial charge in [-0.2, -0.15) is 0 Å². The smallest absolute Gasteiger partial charge is 0.237 e. The van der Waals surface area contributed by atoms with E-state index in [-0.39, 0.29) is 18.2 Å². The molecule has 1 fully saturated rings. The summed E-state index contributed by atoms with van der Waals surface area (Å²) in [6.07, 6.45) is 0.714. The Morgan fingerprint density at radius 2 is 1.93 bits per heavy atom. The van der Waals surface area contributed by atoms with Crippen molar-refractivity contribution in [1.82, 2.24) is 25.5 Å². The van der Waals surface area contributed by atoms with Crippen LogP contribution in [0.2, 0.25) is 0 Å². The van der Waals surface area contributed by atoms with Gasteiger partial charge in [0.05, 0.1) is 12.5 Å². The number of aryl methyl sites for hydroxylation is 2. The average Bonchev–Trinajstić information content (AvgIpc) is 2.65. The zero-order valence-corrected chi connectivity index (χ0v) is 16.4. The maximum absolute atomic E-state index is 12.4. The molecule has 0 bridgehead atoms. The Balaban J connectivity index is 1.53. The van der Waals surface area contributed by atoms with E-state index in [1.807, 2.05) is 50.2 Å². The highest BCUT2D eigenvalue weighted by Gasteiger charge is 2.31. The zero-order chi connectivity index (χ0) is 19.9. The SMILES string of the molecule is Cc1cc(C)nc(CCNC(=O)C[C@H]2C(=O)NCCN2Cc2ccccc2)n1. The Hall–Kier alpha value is -2.80. The number of carbonyl (C=O) groups excluding carboxylic acids is 2. The van der Waals surface area contributed by atoms with Crippen molar-refractivity contribution in [2.45, 2.75) is 39.3 Å². The van der Waals surface area contributed by atoms with Crippen LogP contribution in [0.4, 0.5) is 0 Å². The standard InChI is InChI=1S/C21H27N5O2/c1-15-12-16(2)25-19(24-15)8-9-22-20(27)13-18-21(28)23-10-11-26(18)14-17-6-4-3-5-7-17/h3-7,12,18H,8-11,13-14H2,1-2H3,(H,22,27)(H,23,28)/t18-/m0/s1. The van der Waals surface area contributed by atoms with Gasteiger partial charge in [0.25, 0.3) is 0 Å². The first-order valence-corrected chi connectivity index (χ1v) is 9.65. The summed E-state index contributed by atoms with van der Waals surface area (Å²) in [5.74, 6) is 0.498. The van der Waals surface area contributed by atoms with Crippen LogP contribution in [0, 0.1) is 13.8 Å². The van der Waals surface area contributed by atoms with E-state index in [0.29, 0.717) is 26.1 Å². The predicted octanol–water partition coefficient (Wildman–Crippen LogP) is 1.14. The van der Waals surface area contributed by atoms with Crippen LogP contribution in [0.3, 0.4) is 0 Å². The second-order valence-corrected chi connectivity index (χ2v) is 7.13. The van der Waals surface area contributed by atoms with E-state index in [4.69, 9.17) is 0 Å². The molecule has 7 heteroatoms. The molecular weight excluding hydrogens is 354 g/mol. The van der Waals surface area contributed by atoms with Crippen molar-refractivity contribution in [3.8, 4) is 0 Å². The molecule has 2 N–H and O–H groups in total. The Labute approximate surface area is 165 Å². The minimum atomic E-state index is -0.452. The fraction of sp³-hybridized carbons (Fsp3) is 0.429. The van der Waals surface area contributed by atoms with Gasteiger partial charge in [-0.05, 0) is 25.5 Å². The van der Waals surface area contributed by atoms with Crippen molar-refractivity contribution < 1.29 is 9.59 Å². The molecule has 148 valence electrons. The summed E-state index contributed by atoms with van der Waals surface area (Å²) in [7, 11) is 0. The molecule has 7 nitrogen and oxygen atoms in total. The lowest BCUT2D eigenvalue weighted by Gasteiger charge is -2.34. The molecule has 1 aliphatic heterocycles. The van der Waals surface area contributed by atoms with Crippen molar-refractivity contribution in [2.75, 3.05) is 19.6 Å².